The van der Waals surface area contributed by atoms with Gasteiger partial charge in [0, 0.05) is 5.56 Å². The summed E-state index contributed by atoms with van der Waals surface area (Å²) in [4.78, 5) is 10.6. The molecular formula is C8H8BF3NO2-. The van der Waals surface area contributed by atoms with Crippen molar-refractivity contribution < 1.29 is 22.5 Å². The first-order valence-corrected chi connectivity index (χ1v) is 4.12. The minimum Gasteiger partial charge on any atom is -0.522 e. The van der Waals surface area contributed by atoms with Crippen LogP contribution in [0.1, 0.15) is 10.4 Å². The van der Waals surface area contributed by atoms with Crippen molar-refractivity contribution in [3.8, 4) is 5.75 Å². The summed E-state index contributed by atoms with van der Waals surface area (Å²) in [7, 11) is 0. The number of primary amides is 1. The predicted molar refractivity (Wildman–Crippen MR) is 49.5 cm³/mol. The van der Waals surface area contributed by atoms with Crippen molar-refractivity contribution >= 4 is 12.9 Å². The van der Waals surface area contributed by atoms with Crippen molar-refractivity contribution in [2.24, 2.45) is 5.73 Å². The zero-order valence-electron chi connectivity index (χ0n) is 7.62. The molecule has 1 aromatic carbocycles. The smallest absolute Gasteiger partial charge is 0.515 e. The molecule has 0 fully saturated rings. The molecule has 7 heteroatoms. The number of rotatable bonds is 4. The van der Waals surface area contributed by atoms with Crippen LogP contribution in [0.2, 0.25) is 0 Å². The van der Waals surface area contributed by atoms with Crippen LogP contribution in [0, 0.1) is 0 Å². The number of hydrogen-bond acceptors (Lipinski definition) is 2. The minimum absolute atomic E-state index is 0.0548. The predicted octanol–water partition coefficient (Wildman–Crippen LogP) is 1.55. The van der Waals surface area contributed by atoms with Crippen LogP contribution in [0.25, 0.3) is 0 Å². The minimum atomic E-state index is -4.97. The van der Waals surface area contributed by atoms with Crippen LogP contribution < -0.4 is 10.5 Å². The molecule has 0 aliphatic carbocycles. The van der Waals surface area contributed by atoms with Gasteiger partial charge in [0.25, 0.3) is 0 Å². The molecule has 0 unspecified atom stereocenters. The first-order valence-electron chi connectivity index (χ1n) is 4.12. The van der Waals surface area contributed by atoms with Gasteiger partial charge in [-0.25, -0.2) is 0 Å². The summed E-state index contributed by atoms with van der Waals surface area (Å²) in [6.45, 7) is -6.26. The number of nitrogens with two attached hydrogens (primary N) is 1. The van der Waals surface area contributed by atoms with E-state index >= 15 is 0 Å². The molecule has 1 amide bonds. The topological polar surface area (TPSA) is 52.3 Å². The highest BCUT2D eigenvalue weighted by molar-refractivity contribution is 6.58. The van der Waals surface area contributed by atoms with Crippen LogP contribution in [0.5, 0.6) is 5.75 Å². The number of benzene rings is 1. The highest BCUT2D eigenvalue weighted by Crippen LogP contribution is 2.15. The lowest BCUT2D eigenvalue weighted by molar-refractivity contribution is 0.1000. The van der Waals surface area contributed by atoms with Crippen LogP contribution >= 0.6 is 0 Å². The molecule has 1 aromatic rings. The average Bonchev–Trinajstić information content (AvgIpc) is 2.14. The van der Waals surface area contributed by atoms with E-state index in [-0.39, 0.29) is 11.3 Å². The van der Waals surface area contributed by atoms with Gasteiger partial charge in [-0.3, -0.25) is 4.79 Å². The van der Waals surface area contributed by atoms with Gasteiger partial charge in [0.1, 0.15) is 5.75 Å². The normalized spacial score (nSPS) is 11.1. The van der Waals surface area contributed by atoms with Crippen molar-refractivity contribution in [2.75, 3.05) is 6.51 Å². The van der Waals surface area contributed by atoms with Crippen molar-refractivity contribution in [3.63, 3.8) is 0 Å². The van der Waals surface area contributed by atoms with Gasteiger partial charge in [-0.2, -0.15) is 0 Å². The van der Waals surface area contributed by atoms with Gasteiger partial charge >= 0.3 is 6.98 Å². The number of amides is 1. The molecule has 0 heterocycles. The molecule has 82 valence electrons. The Labute approximate surface area is 84.1 Å². The molecule has 2 N–H and O–H groups in total. The quantitative estimate of drug-likeness (QED) is 0.779. The second kappa shape index (κ2) is 4.25. The standard InChI is InChI=1S/C8H8BF3NO2/c10-9(11,12)5-15-7-3-1-6(2-4-7)8(13)14/h1-4H,5H2,(H2,13,14)/q-1. The van der Waals surface area contributed by atoms with E-state index in [9.17, 15) is 17.7 Å². The molecule has 0 saturated carbocycles. The third-order valence-electron chi connectivity index (χ3n) is 1.58. The number of carbonyl (C=O) groups is 1. The summed E-state index contributed by atoms with van der Waals surface area (Å²) in [5.74, 6) is -0.583. The van der Waals surface area contributed by atoms with Crippen LogP contribution in [0.15, 0.2) is 24.3 Å². The van der Waals surface area contributed by atoms with Crippen molar-refractivity contribution in [2.45, 2.75) is 0 Å². The lowest BCUT2D eigenvalue weighted by Crippen LogP contribution is -2.26. The molecular weight excluding hydrogens is 210 g/mol. The largest absolute Gasteiger partial charge is 0.522 e. The van der Waals surface area contributed by atoms with E-state index in [0.717, 1.165) is 0 Å². The zero-order valence-corrected chi connectivity index (χ0v) is 7.62. The molecule has 0 aliphatic rings. The maximum absolute atomic E-state index is 11.8. The van der Waals surface area contributed by atoms with Crippen LogP contribution in [-0.4, -0.2) is 19.4 Å². The maximum atomic E-state index is 11.8. The second-order valence-corrected chi connectivity index (χ2v) is 2.91. The van der Waals surface area contributed by atoms with Gasteiger partial charge in [-0.05, 0) is 24.3 Å². The molecule has 0 radical (unpaired) electrons. The van der Waals surface area contributed by atoms with Crippen LogP contribution in [-0.2, 0) is 0 Å². The summed E-state index contributed by atoms with van der Waals surface area (Å²) >= 11 is 0. The molecule has 0 saturated heterocycles. The van der Waals surface area contributed by atoms with Gasteiger partial charge in [0.15, 0.2) is 0 Å². The Balaban J connectivity index is 2.61. The molecule has 1 rings (SSSR count). The molecule has 15 heavy (non-hydrogen) atoms. The Kier molecular flexibility index (Phi) is 3.23. The molecule has 0 atom stereocenters. The highest BCUT2D eigenvalue weighted by Gasteiger charge is 2.24. The Bertz CT molecular complexity index is 350. The monoisotopic (exact) mass is 218 g/mol. The first kappa shape index (κ1) is 11.4. The van der Waals surface area contributed by atoms with Gasteiger partial charge < -0.3 is 23.4 Å². The van der Waals surface area contributed by atoms with Crippen molar-refractivity contribution in [1.82, 2.24) is 0 Å². The number of halogens is 3. The molecule has 0 aromatic heterocycles. The molecule has 0 bridgehead atoms. The van der Waals surface area contributed by atoms with E-state index < -0.39 is 19.4 Å². The fourth-order valence-corrected chi connectivity index (χ4v) is 0.906. The van der Waals surface area contributed by atoms with E-state index in [1.54, 1.807) is 0 Å². The van der Waals surface area contributed by atoms with Gasteiger partial charge in [0.2, 0.25) is 5.91 Å². The third-order valence-corrected chi connectivity index (χ3v) is 1.58. The first-order chi connectivity index (χ1) is 6.88. The molecule has 0 spiro atoms. The Morgan fingerprint density at radius 3 is 2.20 bits per heavy atom. The summed E-state index contributed by atoms with van der Waals surface area (Å²) in [6, 6.07) is 5.14. The van der Waals surface area contributed by atoms with E-state index in [1.165, 1.54) is 24.3 Å². The van der Waals surface area contributed by atoms with Gasteiger partial charge in [-0.15, -0.1) is 0 Å². The summed E-state index contributed by atoms with van der Waals surface area (Å²) in [6.07, 6.45) is 0. The molecule has 3 nitrogen and oxygen atoms in total. The Morgan fingerprint density at radius 2 is 1.80 bits per heavy atom. The second-order valence-electron chi connectivity index (χ2n) is 2.91. The number of carbonyl (C=O) groups excluding carboxylic acids is 1. The lowest BCUT2D eigenvalue weighted by atomic mass is 9.95. The summed E-state index contributed by atoms with van der Waals surface area (Å²) in [5, 5.41) is 0. The Morgan fingerprint density at radius 1 is 1.27 bits per heavy atom. The van der Waals surface area contributed by atoms with Crippen LogP contribution in [0.4, 0.5) is 12.9 Å². The van der Waals surface area contributed by atoms with Crippen molar-refractivity contribution in [1.29, 1.82) is 0 Å². The maximum Gasteiger partial charge on any atom is 0.515 e. The van der Waals surface area contributed by atoms with E-state index in [2.05, 4.69) is 4.74 Å². The number of ether oxygens (including phenoxy) is 1. The van der Waals surface area contributed by atoms with E-state index in [0.29, 0.717) is 0 Å². The van der Waals surface area contributed by atoms with Crippen LogP contribution in [0.3, 0.4) is 0 Å². The van der Waals surface area contributed by atoms with Gasteiger partial charge in [0.05, 0.1) is 6.51 Å². The lowest BCUT2D eigenvalue weighted by Gasteiger charge is -2.14. The van der Waals surface area contributed by atoms with Crippen molar-refractivity contribution in [3.05, 3.63) is 29.8 Å². The molecule has 0 aliphatic heterocycles. The Hall–Kier alpha value is -1.66. The van der Waals surface area contributed by atoms with E-state index in [1.807, 2.05) is 0 Å². The summed E-state index contributed by atoms with van der Waals surface area (Å²) < 4.78 is 39.9. The third kappa shape index (κ3) is 3.93. The zero-order chi connectivity index (χ0) is 11.5. The fourth-order valence-electron chi connectivity index (χ4n) is 0.906. The number of hydrogen-bond donors (Lipinski definition) is 1. The average molecular weight is 218 g/mol. The van der Waals surface area contributed by atoms with Gasteiger partial charge in [-0.1, -0.05) is 0 Å². The fraction of sp³-hybridized carbons (Fsp3) is 0.125. The van der Waals surface area contributed by atoms with E-state index in [4.69, 9.17) is 5.73 Å². The SMILES string of the molecule is NC(=O)c1ccc(OC[B-](F)(F)F)cc1. The summed E-state index contributed by atoms with van der Waals surface area (Å²) in [5.41, 5.74) is 5.17. The highest BCUT2D eigenvalue weighted by atomic mass is 19.4.